The number of benzene rings is 1. The van der Waals surface area contributed by atoms with E-state index in [4.69, 9.17) is 4.74 Å². The molecule has 1 aromatic rings. The van der Waals surface area contributed by atoms with Gasteiger partial charge in [0, 0.05) is 0 Å². The molecule has 1 saturated carbocycles. The molecule has 1 aromatic carbocycles. The molecule has 1 aliphatic rings. The first-order chi connectivity index (χ1) is 9.51. The van der Waals surface area contributed by atoms with E-state index in [-0.39, 0.29) is 12.0 Å². The highest BCUT2D eigenvalue weighted by atomic mass is 16.5. The fourth-order valence-electron chi connectivity index (χ4n) is 2.99. The summed E-state index contributed by atoms with van der Waals surface area (Å²) in [6, 6.07) is 8.84. The van der Waals surface area contributed by atoms with Crippen LogP contribution in [0.4, 0.5) is 0 Å². The van der Waals surface area contributed by atoms with Crippen molar-refractivity contribution >= 4 is 0 Å². The molecule has 2 heteroatoms. The molecule has 2 nitrogen and oxygen atoms in total. The van der Waals surface area contributed by atoms with E-state index in [1.165, 1.54) is 11.1 Å². The van der Waals surface area contributed by atoms with E-state index >= 15 is 0 Å². The predicted octanol–water partition coefficient (Wildman–Crippen LogP) is 4.83. The third-order valence-corrected chi connectivity index (χ3v) is 4.29. The van der Waals surface area contributed by atoms with Crippen LogP contribution in [0.2, 0.25) is 0 Å². The monoisotopic (exact) mass is 271 g/mol. The molecule has 1 fully saturated rings. The number of aryl methyl sites for hydroxylation is 1. The minimum Gasteiger partial charge on any atom is -0.489 e. The van der Waals surface area contributed by atoms with Crippen LogP contribution in [-0.4, -0.2) is 6.10 Å². The van der Waals surface area contributed by atoms with Crippen LogP contribution in [0.1, 0.15) is 57.1 Å². The zero-order valence-electron chi connectivity index (χ0n) is 13.0. The summed E-state index contributed by atoms with van der Waals surface area (Å²) in [5.74, 6) is 2.09. The highest BCUT2D eigenvalue weighted by Crippen LogP contribution is 2.35. The lowest BCUT2D eigenvalue weighted by Gasteiger charge is -2.32. The van der Waals surface area contributed by atoms with Crippen molar-refractivity contribution in [2.24, 2.45) is 11.8 Å². The van der Waals surface area contributed by atoms with Crippen LogP contribution in [0, 0.1) is 30.1 Å². The van der Waals surface area contributed by atoms with Crippen LogP contribution in [-0.2, 0) is 0 Å². The molecule has 0 heterocycles. The predicted molar refractivity (Wildman–Crippen MR) is 81.8 cm³/mol. The van der Waals surface area contributed by atoms with E-state index in [0.29, 0.717) is 11.8 Å². The van der Waals surface area contributed by atoms with Gasteiger partial charge in [0.15, 0.2) is 0 Å². The first-order valence-electron chi connectivity index (χ1n) is 7.68. The second kappa shape index (κ2) is 6.31. The van der Waals surface area contributed by atoms with Gasteiger partial charge >= 0.3 is 0 Å². The number of ether oxygens (including phenoxy) is 1. The quantitative estimate of drug-likeness (QED) is 0.789. The van der Waals surface area contributed by atoms with Crippen molar-refractivity contribution in [2.45, 2.75) is 59.0 Å². The molecule has 0 N–H and O–H groups in total. The molecule has 3 atom stereocenters. The highest BCUT2D eigenvalue weighted by Gasteiger charge is 2.30. The van der Waals surface area contributed by atoms with E-state index in [1.807, 2.05) is 0 Å². The maximum Gasteiger partial charge on any atom is 0.123 e. The lowest BCUT2D eigenvalue weighted by Crippen LogP contribution is -2.33. The Morgan fingerprint density at radius 3 is 2.70 bits per heavy atom. The molecule has 20 heavy (non-hydrogen) atoms. The largest absolute Gasteiger partial charge is 0.489 e. The third kappa shape index (κ3) is 3.33. The van der Waals surface area contributed by atoms with Gasteiger partial charge in [-0.3, -0.25) is 0 Å². The van der Waals surface area contributed by atoms with Crippen LogP contribution < -0.4 is 4.74 Å². The average Bonchev–Trinajstić information content (AvgIpc) is 2.38. The second-order valence-electron chi connectivity index (χ2n) is 6.51. The molecule has 0 spiro atoms. The normalized spacial score (nSPS) is 26.3. The summed E-state index contributed by atoms with van der Waals surface area (Å²) in [4.78, 5) is 0. The first kappa shape index (κ1) is 14.9. The summed E-state index contributed by atoms with van der Waals surface area (Å²) >= 11 is 0. The van der Waals surface area contributed by atoms with Crippen molar-refractivity contribution in [2.75, 3.05) is 0 Å². The van der Waals surface area contributed by atoms with Crippen LogP contribution >= 0.6 is 0 Å². The Hall–Kier alpha value is -1.49. The molecule has 0 bridgehead atoms. The van der Waals surface area contributed by atoms with Gasteiger partial charge in [0.2, 0.25) is 0 Å². The van der Waals surface area contributed by atoms with Crippen LogP contribution in [0.15, 0.2) is 18.2 Å². The molecule has 0 radical (unpaired) electrons. The summed E-state index contributed by atoms with van der Waals surface area (Å²) in [5, 5.41) is 9.33. The Bertz CT molecular complexity index is 501. The van der Waals surface area contributed by atoms with Crippen molar-refractivity contribution in [3.63, 3.8) is 0 Å². The number of nitriles is 1. The van der Waals surface area contributed by atoms with Crippen molar-refractivity contribution < 1.29 is 4.74 Å². The Morgan fingerprint density at radius 1 is 1.30 bits per heavy atom. The highest BCUT2D eigenvalue weighted by molar-refractivity contribution is 5.39. The number of hydrogen-bond donors (Lipinski definition) is 0. The maximum absolute atomic E-state index is 9.33. The molecule has 0 amide bonds. The van der Waals surface area contributed by atoms with Crippen molar-refractivity contribution in [3.8, 4) is 11.8 Å². The summed E-state index contributed by atoms with van der Waals surface area (Å²) in [6.45, 7) is 8.71. The summed E-state index contributed by atoms with van der Waals surface area (Å²) < 4.78 is 6.28. The van der Waals surface area contributed by atoms with Crippen LogP contribution in [0.5, 0.6) is 5.75 Å². The lowest BCUT2D eigenvalue weighted by molar-refractivity contribution is 0.0943. The van der Waals surface area contributed by atoms with Gasteiger partial charge in [-0.25, -0.2) is 0 Å². The van der Waals surface area contributed by atoms with Gasteiger partial charge in [0.25, 0.3) is 0 Å². The first-order valence-corrected chi connectivity index (χ1v) is 7.68. The number of hydrogen-bond acceptors (Lipinski definition) is 2. The topological polar surface area (TPSA) is 33.0 Å². The summed E-state index contributed by atoms with van der Waals surface area (Å²) in [5.41, 5.74) is 2.45. The molecule has 3 unspecified atom stereocenters. The number of nitrogens with zero attached hydrogens (tertiary/aromatic N) is 1. The van der Waals surface area contributed by atoms with Crippen molar-refractivity contribution in [1.29, 1.82) is 5.26 Å². The molecule has 2 rings (SSSR count). The van der Waals surface area contributed by atoms with E-state index < -0.39 is 0 Å². The SMILES string of the molecule is Cc1ccc(C(C)C)c(OC2CC(C)CCC2C#N)c1. The van der Waals surface area contributed by atoms with Gasteiger partial charge in [-0.05, 0) is 55.2 Å². The Balaban J connectivity index is 2.23. The molecule has 108 valence electrons. The van der Waals surface area contributed by atoms with Crippen LogP contribution in [0.25, 0.3) is 0 Å². The standard InChI is InChI=1S/C18H25NO/c1-12(2)16-8-6-14(4)10-18(16)20-17-9-13(3)5-7-15(17)11-19/h6,8,10,12-13,15,17H,5,7,9H2,1-4H3. The van der Waals surface area contributed by atoms with E-state index in [1.54, 1.807) is 0 Å². The van der Waals surface area contributed by atoms with Gasteiger partial charge in [-0.15, -0.1) is 0 Å². The molecular formula is C18H25NO. The minimum absolute atomic E-state index is 0.0340. The zero-order chi connectivity index (χ0) is 14.7. The van der Waals surface area contributed by atoms with E-state index in [0.717, 1.165) is 25.0 Å². The molecule has 1 aliphatic carbocycles. The smallest absolute Gasteiger partial charge is 0.123 e. The molecular weight excluding hydrogens is 246 g/mol. The fourth-order valence-corrected chi connectivity index (χ4v) is 2.99. The third-order valence-electron chi connectivity index (χ3n) is 4.29. The Morgan fingerprint density at radius 2 is 2.05 bits per heavy atom. The van der Waals surface area contributed by atoms with E-state index in [9.17, 15) is 5.26 Å². The number of rotatable bonds is 3. The van der Waals surface area contributed by atoms with E-state index in [2.05, 4.69) is 52.0 Å². The summed E-state index contributed by atoms with van der Waals surface area (Å²) in [7, 11) is 0. The Labute approximate surface area is 122 Å². The van der Waals surface area contributed by atoms with Gasteiger partial charge in [0.05, 0.1) is 12.0 Å². The van der Waals surface area contributed by atoms with Crippen molar-refractivity contribution in [3.05, 3.63) is 29.3 Å². The minimum atomic E-state index is 0.0340. The average molecular weight is 271 g/mol. The zero-order valence-corrected chi connectivity index (χ0v) is 13.0. The Kier molecular flexibility index (Phi) is 4.70. The molecule has 0 aliphatic heterocycles. The van der Waals surface area contributed by atoms with Gasteiger partial charge in [-0.2, -0.15) is 5.26 Å². The lowest BCUT2D eigenvalue weighted by atomic mass is 9.81. The van der Waals surface area contributed by atoms with Gasteiger partial charge < -0.3 is 4.74 Å². The second-order valence-corrected chi connectivity index (χ2v) is 6.51. The van der Waals surface area contributed by atoms with Gasteiger partial charge in [-0.1, -0.05) is 32.9 Å². The summed E-state index contributed by atoms with van der Waals surface area (Å²) in [6.07, 6.45) is 3.14. The maximum atomic E-state index is 9.33. The van der Waals surface area contributed by atoms with Crippen LogP contribution in [0.3, 0.4) is 0 Å². The van der Waals surface area contributed by atoms with Gasteiger partial charge in [0.1, 0.15) is 11.9 Å². The molecule has 0 aromatic heterocycles. The molecule has 0 saturated heterocycles. The fraction of sp³-hybridized carbons (Fsp3) is 0.611. The van der Waals surface area contributed by atoms with Crippen molar-refractivity contribution in [1.82, 2.24) is 0 Å².